The molecule has 0 fully saturated rings. The van der Waals surface area contributed by atoms with Crippen molar-refractivity contribution in [3.05, 3.63) is 16.8 Å². The van der Waals surface area contributed by atoms with Crippen LogP contribution in [0.3, 0.4) is 0 Å². The summed E-state index contributed by atoms with van der Waals surface area (Å²) in [4.78, 5) is 3.11. The number of aromatic nitrogens is 1. The zero-order chi connectivity index (χ0) is 9.26. The van der Waals surface area contributed by atoms with E-state index >= 15 is 0 Å². The lowest BCUT2D eigenvalue weighted by atomic mass is 10.1. The van der Waals surface area contributed by atoms with Gasteiger partial charge in [-0.1, -0.05) is 6.42 Å². The number of nitrogens with zero attached hydrogens (tertiary/aromatic N) is 1. The van der Waals surface area contributed by atoms with E-state index in [1.807, 2.05) is 0 Å². The van der Waals surface area contributed by atoms with Gasteiger partial charge in [-0.2, -0.15) is 5.26 Å². The smallest absolute Gasteiger partial charge is 0.119 e. The number of nitrogens with two attached hydrogens (primary N) is 1. The normalized spacial score (nSPS) is 15.9. The Balaban J connectivity index is 2.48. The first-order valence-corrected chi connectivity index (χ1v) is 4.72. The number of fused-ring (bicyclic) bond motifs is 1. The average Bonchev–Trinajstić information content (AvgIpc) is 2.32. The molecule has 13 heavy (non-hydrogen) atoms. The van der Waals surface area contributed by atoms with Gasteiger partial charge in [0, 0.05) is 5.69 Å². The fourth-order valence-electron chi connectivity index (χ4n) is 2.01. The first-order chi connectivity index (χ1) is 6.33. The van der Waals surface area contributed by atoms with Crippen molar-refractivity contribution in [2.45, 2.75) is 32.1 Å². The maximum absolute atomic E-state index is 8.91. The van der Waals surface area contributed by atoms with Gasteiger partial charge in [0.1, 0.15) is 11.9 Å². The highest BCUT2D eigenvalue weighted by Gasteiger charge is 2.16. The van der Waals surface area contributed by atoms with Gasteiger partial charge in [-0.25, -0.2) is 0 Å². The molecule has 0 spiro atoms. The molecule has 0 saturated heterocycles. The summed E-state index contributed by atoms with van der Waals surface area (Å²) < 4.78 is 0. The summed E-state index contributed by atoms with van der Waals surface area (Å²) in [5.74, 6) is 0.550. The predicted molar refractivity (Wildman–Crippen MR) is 51.2 cm³/mol. The lowest BCUT2D eigenvalue weighted by molar-refractivity contribution is 0.707. The van der Waals surface area contributed by atoms with E-state index in [0.717, 1.165) is 18.4 Å². The molecule has 1 heterocycles. The third kappa shape index (κ3) is 1.29. The standard InChI is InChI=1S/C10H13N3/c11-6-8-7-4-2-1-3-5-9(7)13-10(8)12/h13H,1-5,12H2. The summed E-state index contributed by atoms with van der Waals surface area (Å²) in [6, 6.07) is 2.17. The van der Waals surface area contributed by atoms with Crippen LogP contribution in [0.25, 0.3) is 0 Å². The summed E-state index contributed by atoms with van der Waals surface area (Å²) in [5.41, 5.74) is 8.73. The minimum Gasteiger partial charge on any atom is -0.384 e. The van der Waals surface area contributed by atoms with Crippen molar-refractivity contribution in [1.29, 1.82) is 5.26 Å². The van der Waals surface area contributed by atoms with Crippen molar-refractivity contribution in [3.63, 3.8) is 0 Å². The van der Waals surface area contributed by atoms with Crippen LogP contribution in [-0.4, -0.2) is 4.98 Å². The van der Waals surface area contributed by atoms with Gasteiger partial charge in [-0.3, -0.25) is 0 Å². The van der Waals surface area contributed by atoms with Gasteiger partial charge in [0.05, 0.1) is 5.56 Å². The summed E-state index contributed by atoms with van der Waals surface area (Å²) in [5, 5.41) is 8.91. The van der Waals surface area contributed by atoms with Crippen LogP contribution in [0.5, 0.6) is 0 Å². The van der Waals surface area contributed by atoms with Crippen molar-refractivity contribution < 1.29 is 0 Å². The highest BCUT2D eigenvalue weighted by atomic mass is 14.9. The van der Waals surface area contributed by atoms with Gasteiger partial charge in [-0.15, -0.1) is 0 Å². The molecule has 1 aromatic rings. The van der Waals surface area contributed by atoms with E-state index in [1.54, 1.807) is 0 Å². The molecule has 0 aliphatic heterocycles. The maximum Gasteiger partial charge on any atom is 0.119 e. The molecule has 0 unspecified atom stereocenters. The Labute approximate surface area is 77.6 Å². The summed E-state index contributed by atoms with van der Waals surface area (Å²) in [6.45, 7) is 0. The largest absolute Gasteiger partial charge is 0.384 e. The van der Waals surface area contributed by atoms with Gasteiger partial charge >= 0.3 is 0 Å². The highest BCUT2D eigenvalue weighted by molar-refractivity contribution is 5.57. The fraction of sp³-hybridized carbons (Fsp3) is 0.500. The number of H-pyrrole nitrogens is 1. The van der Waals surface area contributed by atoms with Crippen LogP contribution in [0.15, 0.2) is 0 Å². The van der Waals surface area contributed by atoms with E-state index < -0.39 is 0 Å². The van der Waals surface area contributed by atoms with E-state index in [4.69, 9.17) is 11.0 Å². The average molecular weight is 175 g/mol. The molecule has 0 atom stereocenters. The summed E-state index contributed by atoms with van der Waals surface area (Å²) in [6.07, 6.45) is 5.69. The van der Waals surface area contributed by atoms with E-state index in [2.05, 4.69) is 11.1 Å². The van der Waals surface area contributed by atoms with Crippen LogP contribution in [-0.2, 0) is 12.8 Å². The quantitative estimate of drug-likeness (QED) is 0.590. The van der Waals surface area contributed by atoms with Gasteiger partial charge in [0.15, 0.2) is 0 Å². The molecule has 0 radical (unpaired) electrons. The molecule has 3 nitrogen and oxygen atoms in total. The van der Waals surface area contributed by atoms with Crippen LogP contribution in [0.1, 0.15) is 36.1 Å². The molecule has 1 aliphatic rings. The minimum absolute atomic E-state index is 0.550. The van der Waals surface area contributed by atoms with Crippen molar-refractivity contribution in [2.75, 3.05) is 5.73 Å². The molecule has 0 amide bonds. The van der Waals surface area contributed by atoms with Gasteiger partial charge in [-0.05, 0) is 31.2 Å². The Kier molecular flexibility index (Phi) is 1.97. The minimum atomic E-state index is 0.550. The Hall–Kier alpha value is -1.43. The topological polar surface area (TPSA) is 65.6 Å². The van der Waals surface area contributed by atoms with E-state index in [1.165, 1.54) is 25.0 Å². The number of nitrogens with one attached hydrogen (secondary N) is 1. The van der Waals surface area contributed by atoms with E-state index in [0.29, 0.717) is 11.4 Å². The molecule has 1 aromatic heterocycles. The Morgan fingerprint density at radius 2 is 2.00 bits per heavy atom. The number of anilines is 1. The van der Waals surface area contributed by atoms with Crippen LogP contribution in [0, 0.1) is 11.3 Å². The zero-order valence-corrected chi connectivity index (χ0v) is 7.56. The van der Waals surface area contributed by atoms with Crippen molar-refractivity contribution in [3.8, 4) is 6.07 Å². The lowest BCUT2D eigenvalue weighted by Gasteiger charge is -1.95. The molecule has 0 saturated carbocycles. The first-order valence-electron chi connectivity index (χ1n) is 4.72. The maximum atomic E-state index is 8.91. The SMILES string of the molecule is N#Cc1c(N)[nH]c2c1CCCCC2. The summed E-state index contributed by atoms with van der Waals surface area (Å²) in [7, 11) is 0. The number of nitriles is 1. The molecule has 0 aromatic carbocycles. The second kappa shape index (κ2) is 3.14. The number of hydrogen-bond donors (Lipinski definition) is 2. The zero-order valence-electron chi connectivity index (χ0n) is 7.56. The number of aryl methyl sites for hydroxylation is 1. The number of hydrogen-bond acceptors (Lipinski definition) is 2. The van der Waals surface area contributed by atoms with Gasteiger partial charge in [0.25, 0.3) is 0 Å². The van der Waals surface area contributed by atoms with E-state index in [9.17, 15) is 0 Å². The fourth-order valence-corrected chi connectivity index (χ4v) is 2.01. The van der Waals surface area contributed by atoms with Crippen LogP contribution < -0.4 is 5.73 Å². The second-order valence-corrected chi connectivity index (χ2v) is 3.54. The number of nitrogen functional groups attached to an aromatic ring is 1. The second-order valence-electron chi connectivity index (χ2n) is 3.54. The number of aromatic amines is 1. The van der Waals surface area contributed by atoms with Crippen LogP contribution in [0.2, 0.25) is 0 Å². The lowest BCUT2D eigenvalue weighted by Crippen LogP contribution is -1.90. The molecule has 3 N–H and O–H groups in total. The predicted octanol–water partition coefficient (Wildman–Crippen LogP) is 1.74. The molecule has 3 heteroatoms. The molecular weight excluding hydrogens is 162 g/mol. The Bertz CT molecular complexity index is 357. The molecule has 1 aliphatic carbocycles. The van der Waals surface area contributed by atoms with Crippen LogP contribution in [0.4, 0.5) is 5.82 Å². The number of rotatable bonds is 0. The monoisotopic (exact) mass is 175 g/mol. The first kappa shape index (κ1) is 8.18. The molecule has 68 valence electrons. The van der Waals surface area contributed by atoms with Crippen molar-refractivity contribution in [2.24, 2.45) is 0 Å². The van der Waals surface area contributed by atoms with Crippen LogP contribution >= 0.6 is 0 Å². The molecule has 2 rings (SSSR count). The Morgan fingerprint density at radius 1 is 1.23 bits per heavy atom. The van der Waals surface area contributed by atoms with Crippen molar-refractivity contribution in [1.82, 2.24) is 4.98 Å². The van der Waals surface area contributed by atoms with Crippen molar-refractivity contribution >= 4 is 5.82 Å². The third-order valence-corrected chi connectivity index (χ3v) is 2.69. The van der Waals surface area contributed by atoms with E-state index in [-0.39, 0.29) is 0 Å². The third-order valence-electron chi connectivity index (χ3n) is 2.69. The highest BCUT2D eigenvalue weighted by Crippen LogP contribution is 2.26. The molecule has 0 bridgehead atoms. The van der Waals surface area contributed by atoms with Gasteiger partial charge in [0.2, 0.25) is 0 Å². The Morgan fingerprint density at radius 3 is 2.77 bits per heavy atom. The van der Waals surface area contributed by atoms with Gasteiger partial charge < -0.3 is 10.7 Å². The summed E-state index contributed by atoms with van der Waals surface area (Å²) >= 11 is 0. The molecular formula is C10H13N3.